The molecule has 0 radical (unpaired) electrons. The molecule has 2 aromatic rings. The third kappa shape index (κ3) is 3.49. The maximum absolute atomic E-state index is 12.1. The number of rotatable bonds is 3. The summed E-state index contributed by atoms with van der Waals surface area (Å²) in [5, 5.41) is 3.06. The fourth-order valence-electron chi connectivity index (χ4n) is 1.58. The van der Waals surface area contributed by atoms with Crippen molar-refractivity contribution in [3.8, 4) is 0 Å². The van der Waals surface area contributed by atoms with Crippen LogP contribution < -0.4 is 5.32 Å². The van der Waals surface area contributed by atoms with Gasteiger partial charge in [0.1, 0.15) is 0 Å². The van der Waals surface area contributed by atoms with Crippen molar-refractivity contribution in [3.05, 3.63) is 52.8 Å². The Morgan fingerprint density at radius 2 is 2.00 bits per heavy atom. The quantitative estimate of drug-likeness (QED) is 0.686. The van der Waals surface area contributed by atoms with Crippen LogP contribution in [-0.2, 0) is 0 Å². The maximum Gasteiger partial charge on any atom is 0.255 e. The number of hydrogen-bond acceptors (Lipinski definition) is 3. The number of anilines is 1. The van der Waals surface area contributed by atoms with E-state index in [0.717, 1.165) is 10.5 Å². The molecule has 0 aliphatic heterocycles. The molecule has 0 unspecified atom stereocenters. The zero-order chi connectivity index (χ0) is 13.8. The van der Waals surface area contributed by atoms with E-state index in [1.54, 1.807) is 36.2 Å². The van der Waals surface area contributed by atoms with Gasteiger partial charge in [0, 0.05) is 16.7 Å². The second kappa shape index (κ2) is 6.08. The van der Waals surface area contributed by atoms with Crippen molar-refractivity contribution in [3.63, 3.8) is 0 Å². The Bertz CT molecular complexity index is 599. The molecule has 1 amide bonds. The number of carbonyl (C=O) groups is 1. The molecule has 0 aliphatic carbocycles. The van der Waals surface area contributed by atoms with E-state index >= 15 is 0 Å². The number of nitrogens with zero attached hydrogens (tertiary/aromatic N) is 1. The van der Waals surface area contributed by atoms with Crippen LogP contribution in [0.4, 0.5) is 5.69 Å². The van der Waals surface area contributed by atoms with Gasteiger partial charge in [0.05, 0.1) is 5.69 Å². The summed E-state index contributed by atoms with van der Waals surface area (Å²) in [4.78, 5) is 17.2. The summed E-state index contributed by atoms with van der Waals surface area (Å²) in [5.41, 5.74) is 2.06. The number of halogens is 1. The minimum absolute atomic E-state index is 0.193. The zero-order valence-corrected chi connectivity index (χ0v) is 12.2. The summed E-state index contributed by atoms with van der Waals surface area (Å²) < 4.78 is 0. The number of amides is 1. The van der Waals surface area contributed by atoms with Crippen LogP contribution in [0.25, 0.3) is 0 Å². The molecule has 3 nitrogen and oxygen atoms in total. The van der Waals surface area contributed by atoms with Crippen LogP contribution >= 0.6 is 23.4 Å². The lowest BCUT2D eigenvalue weighted by Crippen LogP contribution is -2.12. The number of carbonyl (C=O) groups excluding carboxylic acids is 1. The molecule has 98 valence electrons. The van der Waals surface area contributed by atoms with Crippen molar-refractivity contribution in [2.24, 2.45) is 0 Å². The zero-order valence-electron chi connectivity index (χ0n) is 10.6. The first-order valence-corrected chi connectivity index (χ1v) is 7.28. The fraction of sp³-hybridized carbons (Fsp3) is 0.143. The van der Waals surface area contributed by atoms with E-state index in [1.807, 2.05) is 25.3 Å². The van der Waals surface area contributed by atoms with Gasteiger partial charge in [0.15, 0.2) is 5.15 Å². The van der Waals surface area contributed by atoms with Gasteiger partial charge >= 0.3 is 0 Å². The first kappa shape index (κ1) is 13.9. The van der Waals surface area contributed by atoms with Crippen molar-refractivity contribution in [2.45, 2.75) is 11.8 Å². The number of aromatic nitrogens is 1. The third-order valence-electron chi connectivity index (χ3n) is 2.58. The average molecular weight is 293 g/mol. The summed E-state index contributed by atoms with van der Waals surface area (Å²) in [6.07, 6.45) is 3.65. The second-order valence-electron chi connectivity index (χ2n) is 4.03. The van der Waals surface area contributed by atoms with Gasteiger partial charge in [0.25, 0.3) is 5.91 Å². The van der Waals surface area contributed by atoms with E-state index in [0.29, 0.717) is 16.4 Å². The molecule has 0 fully saturated rings. The summed E-state index contributed by atoms with van der Waals surface area (Å²) in [6, 6.07) is 9.20. The van der Waals surface area contributed by atoms with Gasteiger partial charge in [-0.15, -0.1) is 11.8 Å². The summed E-state index contributed by atoms with van der Waals surface area (Å²) in [5.74, 6) is -0.193. The summed E-state index contributed by atoms with van der Waals surface area (Å²) in [7, 11) is 0. The first-order valence-electron chi connectivity index (χ1n) is 5.67. The molecule has 0 saturated heterocycles. The maximum atomic E-state index is 12.1. The van der Waals surface area contributed by atoms with Gasteiger partial charge in [-0.2, -0.15) is 0 Å². The molecule has 19 heavy (non-hydrogen) atoms. The second-order valence-corrected chi connectivity index (χ2v) is 5.27. The predicted octanol–water partition coefficient (Wildman–Crippen LogP) is 4.02. The molecular formula is C14H13ClN2OS. The van der Waals surface area contributed by atoms with E-state index < -0.39 is 0 Å². The minimum atomic E-state index is -0.193. The smallest absolute Gasteiger partial charge is 0.255 e. The van der Waals surface area contributed by atoms with Gasteiger partial charge in [-0.1, -0.05) is 11.6 Å². The predicted molar refractivity (Wildman–Crippen MR) is 80.2 cm³/mol. The van der Waals surface area contributed by atoms with Crippen LogP contribution in [0.2, 0.25) is 5.15 Å². The lowest BCUT2D eigenvalue weighted by atomic mass is 10.2. The van der Waals surface area contributed by atoms with E-state index in [2.05, 4.69) is 10.3 Å². The number of pyridine rings is 1. The highest BCUT2D eigenvalue weighted by molar-refractivity contribution is 7.98. The van der Waals surface area contributed by atoms with Crippen molar-refractivity contribution in [2.75, 3.05) is 11.6 Å². The number of nitrogens with one attached hydrogen (secondary N) is 1. The van der Waals surface area contributed by atoms with Crippen molar-refractivity contribution in [1.29, 1.82) is 0 Å². The molecule has 2 rings (SSSR count). The van der Waals surface area contributed by atoms with Gasteiger partial charge < -0.3 is 5.32 Å². The largest absolute Gasteiger partial charge is 0.319 e. The highest BCUT2D eigenvalue weighted by Crippen LogP contribution is 2.21. The highest BCUT2D eigenvalue weighted by atomic mass is 35.5. The molecule has 1 aromatic carbocycles. The number of hydrogen-bond donors (Lipinski definition) is 1. The van der Waals surface area contributed by atoms with E-state index in [1.165, 1.54) is 0 Å². The van der Waals surface area contributed by atoms with Crippen molar-refractivity contribution >= 4 is 35.0 Å². The van der Waals surface area contributed by atoms with Crippen LogP contribution in [0.5, 0.6) is 0 Å². The average Bonchev–Trinajstić information content (AvgIpc) is 2.43. The molecule has 1 heterocycles. The van der Waals surface area contributed by atoms with Gasteiger partial charge in [0.2, 0.25) is 0 Å². The molecular weight excluding hydrogens is 280 g/mol. The van der Waals surface area contributed by atoms with Crippen LogP contribution in [0.3, 0.4) is 0 Å². The topological polar surface area (TPSA) is 42.0 Å². The van der Waals surface area contributed by atoms with Crippen LogP contribution in [0.15, 0.2) is 41.4 Å². The fourth-order valence-corrected chi connectivity index (χ4v) is 2.14. The molecule has 1 aromatic heterocycles. The lowest BCUT2D eigenvalue weighted by Gasteiger charge is -2.07. The standard InChI is InChI=1S/C14H13ClN2OS/c1-9-7-12(13(15)16-8-9)17-14(18)10-3-5-11(19-2)6-4-10/h3-8H,1-2H3,(H,17,18). The first-order chi connectivity index (χ1) is 9.10. The Morgan fingerprint density at radius 1 is 1.32 bits per heavy atom. The van der Waals surface area contributed by atoms with Crippen LogP contribution in [-0.4, -0.2) is 17.1 Å². The van der Waals surface area contributed by atoms with E-state index in [-0.39, 0.29) is 5.91 Å². The van der Waals surface area contributed by atoms with Gasteiger partial charge in [-0.05, 0) is 49.1 Å². The number of thioether (sulfide) groups is 1. The van der Waals surface area contributed by atoms with E-state index in [4.69, 9.17) is 11.6 Å². The summed E-state index contributed by atoms with van der Waals surface area (Å²) in [6.45, 7) is 1.90. The minimum Gasteiger partial charge on any atom is -0.319 e. The van der Waals surface area contributed by atoms with Crippen LogP contribution in [0.1, 0.15) is 15.9 Å². The number of aryl methyl sites for hydroxylation is 1. The highest BCUT2D eigenvalue weighted by Gasteiger charge is 2.09. The molecule has 5 heteroatoms. The monoisotopic (exact) mass is 292 g/mol. The van der Waals surface area contributed by atoms with Crippen molar-refractivity contribution < 1.29 is 4.79 Å². The molecule has 0 saturated carbocycles. The Balaban J connectivity index is 2.18. The molecule has 0 bridgehead atoms. The van der Waals surface area contributed by atoms with Gasteiger partial charge in [-0.25, -0.2) is 4.98 Å². The third-order valence-corrected chi connectivity index (χ3v) is 3.62. The Kier molecular flexibility index (Phi) is 4.45. The number of benzene rings is 1. The Labute approximate surface area is 121 Å². The van der Waals surface area contributed by atoms with Gasteiger partial charge in [-0.3, -0.25) is 4.79 Å². The Morgan fingerprint density at radius 3 is 2.63 bits per heavy atom. The molecule has 1 N–H and O–H groups in total. The van der Waals surface area contributed by atoms with Crippen LogP contribution in [0, 0.1) is 6.92 Å². The normalized spacial score (nSPS) is 10.3. The summed E-state index contributed by atoms with van der Waals surface area (Å²) >= 11 is 7.58. The molecule has 0 atom stereocenters. The Hall–Kier alpha value is -1.52. The molecule has 0 aliphatic rings. The van der Waals surface area contributed by atoms with Crippen molar-refractivity contribution in [1.82, 2.24) is 4.98 Å². The SMILES string of the molecule is CSc1ccc(C(=O)Nc2cc(C)cnc2Cl)cc1. The van der Waals surface area contributed by atoms with E-state index in [9.17, 15) is 4.79 Å². The lowest BCUT2D eigenvalue weighted by molar-refractivity contribution is 0.102. The molecule has 0 spiro atoms.